The lowest BCUT2D eigenvalue weighted by Gasteiger charge is -2.12. The van der Waals surface area contributed by atoms with Gasteiger partial charge in [-0.15, -0.1) is 0 Å². The topological polar surface area (TPSA) is 45.7 Å². The molecular weight excluding hydrogens is 262 g/mol. The standard InChI is InChI=1S/C17H29N3O/c1-14(2)7-5-6-12-19-17(18-3)20-13-15-8-10-16(21-4)11-9-15/h8-11,14H,5-7,12-13H2,1-4H3,(H2,18,19,20). The molecule has 0 amide bonds. The van der Waals surface area contributed by atoms with Crippen LogP contribution in [0.5, 0.6) is 5.75 Å². The third-order valence-corrected chi connectivity index (χ3v) is 3.34. The van der Waals surface area contributed by atoms with Gasteiger partial charge in [-0.3, -0.25) is 4.99 Å². The van der Waals surface area contributed by atoms with Gasteiger partial charge in [-0.05, 0) is 30.0 Å². The van der Waals surface area contributed by atoms with Gasteiger partial charge in [0.05, 0.1) is 7.11 Å². The molecule has 1 rings (SSSR count). The molecule has 1 aromatic rings. The summed E-state index contributed by atoms with van der Waals surface area (Å²) in [5, 5.41) is 6.67. The number of ether oxygens (including phenoxy) is 1. The number of benzene rings is 1. The first-order valence-electron chi connectivity index (χ1n) is 7.73. The van der Waals surface area contributed by atoms with Crippen molar-refractivity contribution in [3.8, 4) is 5.75 Å². The summed E-state index contributed by atoms with van der Waals surface area (Å²) in [4.78, 5) is 4.24. The normalized spacial score (nSPS) is 11.6. The molecule has 0 bridgehead atoms. The van der Waals surface area contributed by atoms with Crippen LogP contribution in [0.1, 0.15) is 38.7 Å². The number of hydrogen-bond donors (Lipinski definition) is 2. The summed E-state index contributed by atoms with van der Waals surface area (Å²) in [7, 11) is 3.48. The third kappa shape index (κ3) is 7.59. The molecular formula is C17H29N3O. The van der Waals surface area contributed by atoms with Gasteiger partial charge in [0.25, 0.3) is 0 Å². The summed E-state index contributed by atoms with van der Waals surface area (Å²) < 4.78 is 5.15. The molecule has 0 heterocycles. The minimum absolute atomic E-state index is 0.760. The predicted molar refractivity (Wildman–Crippen MR) is 89.9 cm³/mol. The van der Waals surface area contributed by atoms with Crippen LogP contribution in [-0.4, -0.2) is 26.7 Å². The van der Waals surface area contributed by atoms with E-state index in [0.717, 1.165) is 30.7 Å². The third-order valence-electron chi connectivity index (χ3n) is 3.34. The Morgan fingerprint density at radius 1 is 1.14 bits per heavy atom. The molecule has 0 atom stereocenters. The summed E-state index contributed by atoms with van der Waals surface area (Å²) >= 11 is 0. The Balaban J connectivity index is 2.24. The molecule has 0 saturated heterocycles. The highest BCUT2D eigenvalue weighted by atomic mass is 16.5. The molecule has 0 radical (unpaired) electrons. The van der Waals surface area contributed by atoms with Gasteiger partial charge in [0.1, 0.15) is 5.75 Å². The van der Waals surface area contributed by atoms with Crippen molar-refractivity contribution in [2.45, 2.75) is 39.7 Å². The van der Waals surface area contributed by atoms with Crippen molar-refractivity contribution < 1.29 is 4.74 Å². The van der Waals surface area contributed by atoms with Gasteiger partial charge < -0.3 is 15.4 Å². The summed E-state index contributed by atoms with van der Waals surface area (Å²) in [5.74, 6) is 2.53. The van der Waals surface area contributed by atoms with E-state index in [0.29, 0.717) is 0 Å². The van der Waals surface area contributed by atoms with E-state index in [1.54, 1.807) is 14.2 Å². The number of nitrogens with one attached hydrogen (secondary N) is 2. The number of methoxy groups -OCH3 is 1. The predicted octanol–water partition coefficient (Wildman–Crippen LogP) is 3.19. The minimum atomic E-state index is 0.760. The number of unbranched alkanes of at least 4 members (excludes halogenated alkanes) is 1. The average molecular weight is 291 g/mol. The number of guanidine groups is 1. The van der Waals surface area contributed by atoms with E-state index in [4.69, 9.17) is 4.74 Å². The molecule has 0 unspecified atom stereocenters. The molecule has 0 aliphatic heterocycles. The minimum Gasteiger partial charge on any atom is -0.497 e. The molecule has 1 aromatic carbocycles. The second-order valence-corrected chi connectivity index (χ2v) is 5.59. The number of nitrogens with zero attached hydrogens (tertiary/aromatic N) is 1. The second kappa shape index (κ2) is 10.1. The molecule has 21 heavy (non-hydrogen) atoms. The van der Waals surface area contributed by atoms with Crippen molar-refractivity contribution >= 4 is 5.96 Å². The van der Waals surface area contributed by atoms with Crippen molar-refractivity contribution in [2.24, 2.45) is 10.9 Å². The highest BCUT2D eigenvalue weighted by molar-refractivity contribution is 5.79. The lowest BCUT2D eigenvalue weighted by atomic mass is 10.1. The fraction of sp³-hybridized carbons (Fsp3) is 0.588. The Morgan fingerprint density at radius 3 is 2.43 bits per heavy atom. The quantitative estimate of drug-likeness (QED) is 0.439. The Kier molecular flexibility index (Phi) is 8.32. The van der Waals surface area contributed by atoms with Gasteiger partial charge in [0.2, 0.25) is 0 Å². The van der Waals surface area contributed by atoms with Crippen molar-refractivity contribution in [1.82, 2.24) is 10.6 Å². The molecule has 2 N–H and O–H groups in total. The van der Waals surface area contributed by atoms with Gasteiger partial charge in [-0.25, -0.2) is 0 Å². The maximum atomic E-state index is 5.15. The highest BCUT2D eigenvalue weighted by Crippen LogP contribution is 2.10. The lowest BCUT2D eigenvalue weighted by molar-refractivity contribution is 0.414. The molecule has 0 saturated carbocycles. The first kappa shape index (κ1) is 17.3. The van der Waals surface area contributed by atoms with Crippen molar-refractivity contribution in [3.05, 3.63) is 29.8 Å². The SMILES string of the molecule is CN=C(NCCCCC(C)C)NCc1ccc(OC)cc1. The van der Waals surface area contributed by atoms with Crippen LogP contribution in [0, 0.1) is 5.92 Å². The number of hydrogen-bond acceptors (Lipinski definition) is 2. The molecule has 118 valence electrons. The van der Waals surface area contributed by atoms with E-state index in [9.17, 15) is 0 Å². The molecule has 0 aliphatic rings. The van der Waals surface area contributed by atoms with Crippen molar-refractivity contribution in [1.29, 1.82) is 0 Å². The van der Waals surface area contributed by atoms with Crippen LogP contribution in [0.2, 0.25) is 0 Å². The molecule has 4 heteroatoms. The zero-order chi connectivity index (χ0) is 15.5. The van der Waals surface area contributed by atoms with Crippen LogP contribution in [0.15, 0.2) is 29.3 Å². The van der Waals surface area contributed by atoms with E-state index >= 15 is 0 Å². The first-order valence-corrected chi connectivity index (χ1v) is 7.73. The lowest BCUT2D eigenvalue weighted by Crippen LogP contribution is -2.37. The van der Waals surface area contributed by atoms with E-state index in [1.807, 2.05) is 12.1 Å². The van der Waals surface area contributed by atoms with E-state index in [1.165, 1.54) is 24.8 Å². The smallest absolute Gasteiger partial charge is 0.191 e. The average Bonchev–Trinajstić information content (AvgIpc) is 2.50. The van der Waals surface area contributed by atoms with Crippen LogP contribution in [0.25, 0.3) is 0 Å². The van der Waals surface area contributed by atoms with Crippen LogP contribution in [0.4, 0.5) is 0 Å². The van der Waals surface area contributed by atoms with E-state index < -0.39 is 0 Å². The molecule has 0 aliphatic carbocycles. The maximum absolute atomic E-state index is 5.15. The second-order valence-electron chi connectivity index (χ2n) is 5.59. The zero-order valence-corrected chi connectivity index (χ0v) is 13.8. The maximum Gasteiger partial charge on any atom is 0.191 e. The van der Waals surface area contributed by atoms with Crippen LogP contribution in [0.3, 0.4) is 0 Å². The van der Waals surface area contributed by atoms with Gasteiger partial charge in [-0.2, -0.15) is 0 Å². The van der Waals surface area contributed by atoms with E-state index in [-0.39, 0.29) is 0 Å². The van der Waals surface area contributed by atoms with Gasteiger partial charge in [0.15, 0.2) is 5.96 Å². The van der Waals surface area contributed by atoms with Crippen LogP contribution >= 0.6 is 0 Å². The van der Waals surface area contributed by atoms with E-state index in [2.05, 4.69) is 41.6 Å². The summed E-state index contributed by atoms with van der Waals surface area (Å²) in [6.07, 6.45) is 3.74. The van der Waals surface area contributed by atoms with Crippen LogP contribution < -0.4 is 15.4 Å². The van der Waals surface area contributed by atoms with Crippen molar-refractivity contribution in [3.63, 3.8) is 0 Å². The number of aliphatic imine (C=N–C) groups is 1. The summed E-state index contributed by atoms with van der Waals surface area (Å²) in [6.45, 7) is 6.26. The van der Waals surface area contributed by atoms with Crippen LogP contribution in [-0.2, 0) is 6.54 Å². The van der Waals surface area contributed by atoms with Gasteiger partial charge >= 0.3 is 0 Å². The highest BCUT2D eigenvalue weighted by Gasteiger charge is 1.99. The summed E-state index contributed by atoms with van der Waals surface area (Å²) in [5.41, 5.74) is 1.21. The Morgan fingerprint density at radius 2 is 1.86 bits per heavy atom. The Bertz CT molecular complexity index is 413. The Labute approximate surface area is 129 Å². The fourth-order valence-corrected chi connectivity index (χ4v) is 2.03. The first-order chi connectivity index (χ1) is 10.2. The fourth-order valence-electron chi connectivity index (χ4n) is 2.03. The van der Waals surface area contributed by atoms with Gasteiger partial charge in [0, 0.05) is 20.1 Å². The zero-order valence-electron chi connectivity index (χ0n) is 13.8. The molecule has 0 spiro atoms. The molecule has 4 nitrogen and oxygen atoms in total. The molecule has 0 fully saturated rings. The summed E-state index contributed by atoms with van der Waals surface area (Å²) in [6, 6.07) is 8.06. The Hall–Kier alpha value is -1.71. The van der Waals surface area contributed by atoms with Crippen molar-refractivity contribution in [2.75, 3.05) is 20.7 Å². The van der Waals surface area contributed by atoms with Gasteiger partial charge in [-0.1, -0.05) is 38.8 Å². The largest absolute Gasteiger partial charge is 0.497 e. The number of rotatable bonds is 8. The monoisotopic (exact) mass is 291 g/mol. The molecule has 0 aromatic heterocycles.